The van der Waals surface area contributed by atoms with Crippen LogP contribution in [0.4, 0.5) is 0 Å². The number of nitrogens with two attached hydrogens (primary N) is 1. The molecule has 0 saturated carbocycles. The Balaban J connectivity index is 0.00000144. The fourth-order valence-corrected chi connectivity index (χ4v) is 0.591. The number of carboxylic acid groups (broad SMARTS) is 1. The van der Waals surface area contributed by atoms with Crippen molar-refractivity contribution in [1.82, 2.24) is 5.16 Å². The largest absolute Gasteiger partial charge is 0.475 e. The lowest BCUT2D eigenvalue weighted by Crippen LogP contribution is -2.10. The maximum absolute atomic E-state index is 10.3. The quantitative estimate of drug-likeness (QED) is 0.730. The molecule has 0 unspecified atom stereocenters. The van der Waals surface area contributed by atoms with E-state index in [2.05, 4.69) is 9.68 Å². The second-order valence-electron chi connectivity index (χ2n) is 1.97. The van der Waals surface area contributed by atoms with Crippen molar-refractivity contribution < 1.29 is 19.2 Å². The van der Waals surface area contributed by atoms with Gasteiger partial charge in [-0.05, 0) is 5.16 Å². The lowest BCUT2D eigenvalue weighted by Gasteiger charge is -1.95. The van der Waals surface area contributed by atoms with Crippen molar-refractivity contribution in [3.8, 4) is 5.88 Å². The predicted octanol–water partition coefficient (Wildman–Crippen LogP) is 0.132. The van der Waals surface area contributed by atoms with E-state index in [-0.39, 0.29) is 30.7 Å². The molecule has 1 heterocycles. The van der Waals surface area contributed by atoms with Crippen LogP contribution in [0.25, 0.3) is 0 Å². The van der Waals surface area contributed by atoms with Crippen molar-refractivity contribution in [3.63, 3.8) is 0 Å². The van der Waals surface area contributed by atoms with E-state index in [1.807, 2.05) is 0 Å². The second kappa shape index (κ2) is 5.39. The first-order valence-electron chi connectivity index (χ1n) is 3.27. The molecule has 1 aromatic heterocycles. The number of aromatic nitrogens is 1. The minimum Gasteiger partial charge on any atom is -0.475 e. The van der Waals surface area contributed by atoms with Gasteiger partial charge in [0.1, 0.15) is 6.61 Å². The third-order valence-electron chi connectivity index (χ3n) is 1.07. The summed E-state index contributed by atoms with van der Waals surface area (Å²) in [5, 5.41) is 11.8. The average molecular weight is 209 g/mol. The van der Waals surface area contributed by atoms with Gasteiger partial charge in [0.25, 0.3) is 5.88 Å². The highest BCUT2D eigenvalue weighted by atomic mass is 35.5. The highest BCUT2D eigenvalue weighted by molar-refractivity contribution is 5.85. The third kappa shape index (κ3) is 3.30. The molecule has 0 aliphatic carbocycles. The minimum absolute atomic E-state index is 0. The van der Waals surface area contributed by atoms with E-state index in [9.17, 15) is 4.79 Å². The number of aromatic carboxylic acids is 1. The third-order valence-corrected chi connectivity index (χ3v) is 1.07. The standard InChI is InChI=1S/C6H8N2O4.ClH/c7-1-2-11-5-3-4(6(9)10)12-8-5;/h3H,1-2,7H2,(H,9,10);1H. The molecule has 3 N–H and O–H groups in total. The van der Waals surface area contributed by atoms with Gasteiger partial charge < -0.3 is 20.1 Å². The zero-order valence-corrected chi connectivity index (χ0v) is 7.41. The first kappa shape index (κ1) is 11.7. The van der Waals surface area contributed by atoms with Gasteiger partial charge in [-0.3, -0.25) is 0 Å². The predicted molar refractivity (Wildman–Crippen MR) is 45.3 cm³/mol. The van der Waals surface area contributed by atoms with Crippen LogP contribution in [0.15, 0.2) is 10.6 Å². The van der Waals surface area contributed by atoms with Gasteiger partial charge in [-0.2, -0.15) is 0 Å². The maximum Gasteiger partial charge on any atom is 0.374 e. The molecule has 6 nitrogen and oxygen atoms in total. The normalized spacial score (nSPS) is 9.00. The molecule has 0 aromatic carbocycles. The zero-order chi connectivity index (χ0) is 8.97. The Kier molecular flexibility index (Phi) is 4.86. The maximum atomic E-state index is 10.3. The molecule has 13 heavy (non-hydrogen) atoms. The van der Waals surface area contributed by atoms with Gasteiger partial charge >= 0.3 is 5.97 Å². The molecule has 74 valence electrons. The van der Waals surface area contributed by atoms with Gasteiger partial charge in [-0.25, -0.2) is 4.79 Å². The van der Waals surface area contributed by atoms with Crippen LogP contribution >= 0.6 is 12.4 Å². The molecule has 0 aliphatic heterocycles. The molecular formula is C6H9ClN2O4. The Labute approximate surface area is 80.1 Å². The summed E-state index contributed by atoms with van der Waals surface area (Å²) in [6.45, 7) is 0.626. The van der Waals surface area contributed by atoms with E-state index >= 15 is 0 Å². The van der Waals surface area contributed by atoms with E-state index < -0.39 is 5.97 Å². The fraction of sp³-hybridized carbons (Fsp3) is 0.333. The Bertz CT molecular complexity index is 275. The molecule has 0 amide bonds. The summed E-state index contributed by atoms with van der Waals surface area (Å²) in [6, 6.07) is 1.19. The number of rotatable bonds is 4. The van der Waals surface area contributed by atoms with E-state index in [0.29, 0.717) is 6.54 Å². The molecule has 7 heteroatoms. The van der Waals surface area contributed by atoms with Gasteiger partial charge in [0, 0.05) is 6.54 Å². The highest BCUT2D eigenvalue weighted by Crippen LogP contribution is 2.10. The first-order valence-corrected chi connectivity index (χ1v) is 3.27. The van der Waals surface area contributed by atoms with Crippen LogP contribution in [0.3, 0.4) is 0 Å². The fourth-order valence-electron chi connectivity index (χ4n) is 0.591. The van der Waals surface area contributed by atoms with E-state index in [1.54, 1.807) is 0 Å². The van der Waals surface area contributed by atoms with Crippen molar-refractivity contribution in [3.05, 3.63) is 11.8 Å². The zero-order valence-electron chi connectivity index (χ0n) is 6.60. The average Bonchev–Trinajstić information content (AvgIpc) is 2.48. The van der Waals surface area contributed by atoms with Crippen LogP contribution in [0.2, 0.25) is 0 Å². The van der Waals surface area contributed by atoms with Gasteiger partial charge in [0.15, 0.2) is 0 Å². The highest BCUT2D eigenvalue weighted by Gasteiger charge is 2.10. The van der Waals surface area contributed by atoms with Crippen LogP contribution in [0, 0.1) is 0 Å². The van der Waals surface area contributed by atoms with Gasteiger partial charge in [-0.1, -0.05) is 0 Å². The van der Waals surface area contributed by atoms with Crippen LogP contribution < -0.4 is 10.5 Å². The van der Waals surface area contributed by atoms with Gasteiger partial charge in [0.2, 0.25) is 5.76 Å². The molecule has 1 rings (SSSR count). The molecule has 0 spiro atoms. The summed E-state index contributed by atoms with van der Waals surface area (Å²) in [6.07, 6.45) is 0. The monoisotopic (exact) mass is 208 g/mol. The van der Waals surface area contributed by atoms with Crippen molar-refractivity contribution >= 4 is 18.4 Å². The Morgan fingerprint density at radius 3 is 2.92 bits per heavy atom. The number of halogens is 1. The molecular weight excluding hydrogens is 200 g/mol. The van der Waals surface area contributed by atoms with Crippen LogP contribution in [-0.4, -0.2) is 29.4 Å². The number of hydrogen-bond acceptors (Lipinski definition) is 5. The molecule has 0 atom stereocenters. The van der Waals surface area contributed by atoms with E-state index in [1.165, 1.54) is 6.07 Å². The van der Waals surface area contributed by atoms with Gasteiger partial charge in [-0.15, -0.1) is 12.4 Å². The molecule has 1 aromatic rings. The van der Waals surface area contributed by atoms with Crippen LogP contribution in [0.5, 0.6) is 5.88 Å². The molecule has 0 fully saturated rings. The SMILES string of the molecule is Cl.NCCOc1cc(C(=O)O)on1. The topological polar surface area (TPSA) is 98.6 Å². The number of nitrogens with zero attached hydrogens (tertiary/aromatic N) is 1. The lowest BCUT2D eigenvalue weighted by molar-refractivity contribution is 0.0651. The number of carbonyl (C=O) groups is 1. The van der Waals surface area contributed by atoms with Crippen molar-refractivity contribution in [1.29, 1.82) is 0 Å². The summed E-state index contributed by atoms with van der Waals surface area (Å²) in [4.78, 5) is 10.3. The number of ether oxygens (including phenoxy) is 1. The minimum atomic E-state index is -1.18. The van der Waals surface area contributed by atoms with Crippen molar-refractivity contribution in [2.75, 3.05) is 13.2 Å². The number of carboxylic acids is 1. The summed E-state index contributed by atoms with van der Waals surface area (Å²) in [5.41, 5.74) is 5.14. The van der Waals surface area contributed by atoms with Gasteiger partial charge in [0.05, 0.1) is 6.07 Å². The summed E-state index contributed by atoms with van der Waals surface area (Å²) in [5.74, 6) is -1.29. The summed E-state index contributed by atoms with van der Waals surface area (Å²) >= 11 is 0. The summed E-state index contributed by atoms with van der Waals surface area (Å²) < 4.78 is 9.30. The second-order valence-corrected chi connectivity index (χ2v) is 1.97. The van der Waals surface area contributed by atoms with Crippen LogP contribution in [0.1, 0.15) is 10.6 Å². The van der Waals surface area contributed by atoms with Crippen LogP contribution in [-0.2, 0) is 0 Å². The smallest absolute Gasteiger partial charge is 0.374 e. The van der Waals surface area contributed by atoms with Crippen molar-refractivity contribution in [2.45, 2.75) is 0 Å². The Morgan fingerprint density at radius 1 is 1.77 bits per heavy atom. The molecule has 0 bridgehead atoms. The van der Waals surface area contributed by atoms with Crippen molar-refractivity contribution in [2.24, 2.45) is 5.73 Å². The number of hydrogen-bond donors (Lipinski definition) is 2. The first-order chi connectivity index (χ1) is 5.74. The molecule has 0 radical (unpaired) electrons. The molecule has 0 saturated heterocycles. The Morgan fingerprint density at radius 2 is 2.46 bits per heavy atom. The van der Waals surface area contributed by atoms with E-state index in [0.717, 1.165) is 0 Å². The van der Waals surface area contributed by atoms with E-state index in [4.69, 9.17) is 15.6 Å². The molecule has 0 aliphatic rings. The summed E-state index contributed by atoms with van der Waals surface area (Å²) in [7, 11) is 0. The Hall–Kier alpha value is -1.27. The lowest BCUT2D eigenvalue weighted by atomic mass is 10.5.